The molecule has 0 radical (unpaired) electrons. The molecule has 1 aromatic heterocycles. The number of carbonyl (C=O) groups excluding carboxylic acids is 2. The summed E-state index contributed by atoms with van der Waals surface area (Å²) in [5.74, 6) is -0.187. The largest absolute Gasteiger partial charge is 0.357 e. The fraction of sp³-hybridized carbons (Fsp3) is 0.615. The fourth-order valence-electron chi connectivity index (χ4n) is 2.48. The Kier molecular flexibility index (Phi) is 3.87. The monoisotopic (exact) mass is 264 g/mol. The van der Waals surface area contributed by atoms with E-state index >= 15 is 0 Å². The summed E-state index contributed by atoms with van der Waals surface area (Å²) < 4.78 is 1.67. The minimum absolute atomic E-state index is 0.0883. The van der Waals surface area contributed by atoms with Gasteiger partial charge in [-0.05, 0) is 26.2 Å². The quantitative estimate of drug-likeness (QED) is 0.844. The van der Waals surface area contributed by atoms with Crippen molar-refractivity contribution in [3.05, 3.63) is 17.5 Å². The summed E-state index contributed by atoms with van der Waals surface area (Å²) in [6, 6.07) is -0.356. The number of piperidine rings is 1. The van der Waals surface area contributed by atoms with Crippen LogP contribution < -0.4 is 5.32 Å². The second kappa shape index (κ2) is 5.42. The van der Waals surface area contributed by atoms with Gasteiger partial charge in [-0.15, -0.1) is 0 Å². The Morgan fingerprint density at radius 1 is 1.42 bits per heavy atom. The van der Waals surface area contributed by atoms with Crippen LogP contribution in [-0.4, -0.2) is 46.1 Å². The Morgan fingerprint density at radius 3 is 2.74 bits per heavy atom. The number of likely N-dealkylation sites (tertiary alicyclic amines) is 1. The molecule has 1 atom stereocenters. The lowest BCUT2D eigenvalue weighted by Crippen LogP contribution is -2.51. The molecule has 2 rings (SSSR count). The third kappa shape index (κ3) is 2.47. The molecule has 1 aliphatic rings. The van der Waals surface area contributed by atoms with Crippen molar-refractivity contribution in [3.63, 3.8) is 0 Å². The predicted molar refractivity (Wildman–Crippen MR) is 70.7 cm³/mol. The van der Waals surface area contributed by atoms with E-state index in [1.54, 1.807) is 29.9 Å². The molecule has 0 aliphatic carbocycles. The van der Waals surface area contributed by atoms with E-state index in [4.69, 9.17) is 0 Å². The number of amides is 2. The second-order valence-electron chi connectivity index (χ2n) is 4.89. The number of hydrogen-bond donors (Lipinski definition) is 1. The van der Waals surface area contributed by atoms with E-state index in [0.717, 1.165) is 25.0 Å². The second-order valence-corrected chi connectivity index (χ2v) is 4.89. The summed E-state index contributed by atoms with van der Waals surface area (Å²) in [6.45, 7) is 2.49. The third-order valence-electron chi connectivity index (χ3n) is 3.78. The van der Waals surface area contributed by atoms with Crippen LogP contribution in [0.1, 0.15) is 35.3 Å². The first-order valence-electron chi connectivity index (χ1n) is 6.57. The van der Waals surface area contributed by atoms with Gasteiger partial charge < -0.3 is 10.2 Å². The van der Waals surface area contributed by atoms with E-state index in [2.05, 4.69) is 10.4 Å². The van der Waals surface area contributed by atoms with Gasteiger partial charge in [-0.25, -0.2) is 0 Å². The summed E-state index contributed by atoms with van der Waals surface area (Å²) in [4.78, 5) is 26.1. The number of rotatable bonds is 2. The topological polar surface area (TPSA) is 67.2 Å². The van der Waals surface area contributed by atoms with E-state index in [1.165, 1.54) is 0 Å². The first kappa shape index (κ1) is 13.6. The van der Waals surface area contributed by atoms with Gasteiger partial charge in [-0.2, -0.15) is 5.10 Å². The maximum Gasteiger partial charge on any atom is 0.258 e. The molecular formula is C13H20N4O2. The number of hydrogen-bond acceptors (Lipinski definition) is 3. The van der Waals surface area contributed by atoms with Crippen LogP contribution in [0.5, 0.6) is 0 Å². The molecule has 1 aromatic rings. The molecule has 0 bridgehead atoms. The zero-order valence-corrected chi connectivity index (χ0v) is 11.6. The summed E-state index contributed by atoms with van der Waals surface area (Å²) in [5, 5.41) is 6.73. The molecule has 2 amide bonds. The van der Waals surface area contributed by atoms with Crippen LogP contribution in [0.3, 0.4) is 0 Å². The molecule has 1 saturated heterocycles. The molecule has 1 fully saturated rings. The Balaban J connectivity index is 2.25. The van der Waals surface area contributed by atoms with Crippen molar-refractivity contribution in [1.29, 1.82) is 0 Å². The van der Waals surface area contributed by atoms with Crippen LogP contribution in [0, 0.1) is 6.92 Å². The molecule has 0 spiro atoms. The van der Waals surface area contributed by atoms with Crippen LogP contribution in [0.2, 0.25) is 0 Å². The maximum atomic E-state index is 12.6. The number of aromatic nitrogens is 2. The molecule has 19 heavy (non-hydrogen) atoms. The summed E-state index contributed by atoms with van der Waals surface area (Å²) >= 11 is 0. The Labute approximate surface area is 112 Å². The van der Waals surface area contributed by atoms with Crippen LogP contribution in [0.4, 0.5) is 0 Å². The van der Waals surface area contributed by atoms with Crippen LogP contribution in [0.15, 0.2) is 6.20 Å². The van der Waals surface area contributed by atoms with Crippen molar-refractivity contribution < 1.29 is 9.59 Å². The van der Waals surface area contributed by atoms with E-state index < -0.39 is 0 Å². The molecule has 6 heteroatoms. The van der Waals surface area contributed by atoms with Crippen molar-refractivity contribution in [2.45, 2.75) is 32.2 Å². The molecule has 6 nitrogen and oxygen atoms in total. The Bertz CT molecular complexity index is 495. The lowest BCUT2D eigenvalue weighted by atomic mass is 10.00. The van der Waals surface area contributed by atoms with Crippen LogP contribution >= 0.6 is 0 Å². The van der Waals surface area contributed by atoms with Gasteiger partial charge in [0.25, 0.3) is 5.91 Å². The molecule has 2 heterocycles. The lowest BCUT2D eigenvalue weighted by molar-refractivity contribution is -0.126. The van der Waals surface area contributed by atoms with Crippen molar-refractivity contribution in [2.24, 2.45) is 7.05 Å². The van der Waals surface area contributed by atoms with Crippen LogP contribution in [-0.2, 0) is 11.8 Å². The smallest absolute Gasteiger partial charge is 0.258 e. The zero-order valence-electron chi connectivity index (χ0n) is 11.6. The minimum atomic E-state index is -0.356. The van der Waals surface area contributed by atoms with Gasteiger partial charge in [0.1, 0.15) is 6.04 Å². The number of likely N-dealkylation sites (N-methyl/N-ethyl adjacent to an activating group) is 1. The molecule has 0 saturated carbocycles. The minimum Gasteiger partial charge on any atom is -0.357 e. The van der Waals surface area contributed by atoms with E-state index in [9.17, 15) is 9.59 Å². The van der Waals surface area contributed by atoms with Gasteiger partial charge >= 0.3 is 0 Å². The highest BCUT2D eigenvalue weighted by Gasteiger charge is 2.33. The fourth-order valence-corrected chi connectivity index (χ4v) is 2.48. The van der Waals surface area contributed by atoms with Crippen LogP contribution in [0.25, 0.3) is 0 Å². The zero-order chi connectivity index (χ0) is 14.0. The van der Waals surface area contributed by atoms with E-state index in [-0.39, 0.29) is 17.9 Å². The van der Waals surface area contributed by atoms with Crippen molar-refractivity contribution in [2.75, 3.05) is 13.6 Å². The number of nitrogens with zero attached hydrogens (tertiary/aromatic N) is 3. The number of nitrogens with one attached hydrogen (secondary N) is 1. The van der Waals surface area contributed by atoms with Crippen molar-refractivity contribution >= 4 is 11.8 Å². The van der Waals surface area contributed by atoms with Gasteiger partial charge in [0.15, 0.2) is 0 Å². The van der Waals surface area contributed by atoms with Gasteiger partial charge in [0, 0.05) is 26.3 Å². The van der Waals surface area contributed by atoms with E-state index in [0.29, 0.717) is 12.1 Å². The first-order valence-corrected chi connectivity index (χ1v) is 6.57. The molecular weight excluding hydrogens is 244 g/mol. The summed E-state index contributed by atoms with van der Waals surface area (Å²) in [5.41, 5.74) is 1.41. The third-order valence-corrected chi connectivity index (χ3v) is 3.78. The highest BCUT2D eigenvalue weighted by Crippen LogP contribution is 2.21. The summed E-state index contributed by atoms with van der Waals surface area (Å²) in [7, 11) is 3.41. The lowest BCUT2D eigenvalue weighted by Gasteiger charge is -2.34. The number of aryl methyl sites for hydroxylation is 1. The highest BCUT2D eigenvalue weighted by atomic mass is 16.2. The summed E-state index contributed by atoms with van der Waals surface area (Å²) in [6.07, 6.45) is 4.23. The number of carbonyl (C=O) groups is 2. The highest BCUT2D eigenvalue weighted by molar-refractivity contribution is 5.98. The molecule has 0 aromatic carbocycles. The van der Waals surface area contributed by atoms with E-state index in [1.807, 2.05) is 6.92 Å². The standard InChI is InChI=1S/C13H20N4O2/c1-9-10(8-15-16(9)3)13(19)17-7-5-4-6-11(17)12(18)14-2/h8,11H,4-7H2,1-3H3,(H,14,18). The molecule has 1 unspecified atom stereocenters. The molecule has 1 N–H and O–H groups in total. The normalized spacial score (nSPS) is 19.3. The first-order chi connectivity index (χ1) is 9.06. The van der Waals surface area contributed by atoms with Gasteiger partial charge in [0.05, 0.1) is 11.8 Å². The average Bonchev–Trinajstić information content (AvgIpc) is 2.77. The Morgan fingerprint density at radius 2 is 2.16 bits per heavy atom. The SMILES string of the molecule is CNC(=O)C1CCCCN1C(=O)c1cnn(C)c1C. The predicted octanol–water partition coefficient (Wildman–Crippen LogP) is 0.469. The van der Waals surface area contributed by atoms with Gasteiger partial charge in [0.2, 0.25) is 5.91 Å². The van der Waals surface area contributed by atoms with Gasteiger partial charge in [-0.3, -0.25) is 14.3 Å². The average molecular weight is 264 g/mol. The molecule has 1 aliphatic heterocycles. The molecule has 104 valence electrons. The van der Waals surface area contributed by atoms with Gasteiger partial charge in [-0.1, -0.05) is 0 Å². The Hall–Kier alpha value is -1.85. The maximum absolute atomic E-state index is 12.6. The van der Waals surface area contributed by atoms with Crippen molar-refractivity contribution in [3.8, 4) is 0 Å². The van der Waals surface area contributed by atoms with Crippen molar-refractivity contribution in [1.82, 2.24) is 20.0 Å².